The molecule has 0 saturated heterocycles. The van der Waals surface area contributed by atoms with Crippen LogP contribution in [0, 0.1) is 0 Å². The second-order valence-electron chi connectivity index (χ2n) is 4.58. The van der Waals surface area contributed by atoms with Crippen LogP contribution in [0.15, 0.2) is 48.5 Å². The first-order valence-corrected chi connectivity index (χ1v) is 7.53. The Kier molecular flexibility index (Phi) is 5.94. The smallest absolute Gasteiger partial charge is 0.338 e. The van der Waals surface area contributed by atoms with Crippen LogP contribution < -0.4 is 15.4 Å². The molecule has 0 aromatic heterocycles. The molecule has 0 bridgehead atoms. The van der Waals surface area contributed by atoms with E-state index in [-0.39, 0.29) is 5.97 Å². The molecule has 2 aromatic rings. The fourth-order valence-electron chi connectivity index (χ4n) is 1.94. The molecule has 23 heavy (non-hydrogen) atoms. The predicted octanol–water partition coefficient (Wildman–Crippen LogP) is 3.68. The number of rotatable bonds is 5. The minimum absolute atomic E-state index is 0.339. The summed E-state index contributed by atoms with van der Waals surface area (Å²) >= 11 is 5.28. The largest absolute Gasteiger partial charge is 0.495 e. The molecule has 120 valence electrons. The highest BCUT2D eigenvalue weighted by molar-refractivity contribution is 7.80. The number of para-hydroxylation sites is 2. The molecule has 0 aliphatic heterocycles. The normalized spacial score (nSPS) is 9.83. The molecule has 0 heterocycles. The van der Waals surface area contributed by atoms with Gasteiger partial charge < -0.3 is 20.1 Å². The third-order valence-electron chi connectivity index (χ3n) is 3.01. The van der Waals surface area contributed by atoms with Crippen molar-refractivity contribution in [3.05, 3.63) is 54.1 Å². The molecular weight excluding hydrogens is 312 g/mol. The molecule has 0 aliphatic rings. The summed E-state index contributed by atoms with van der Waals surface area (Å²) in [5.74, 6) is 0.364. The first-order valence-electron chi connectivity index (χ1n) is 7.12. The Labute approximate surface area is 140 Å². The molecule has 0 radical (unpaired) electrons. The molecule has 0 saturated carbocycles. The van der Waals surface area contributed by atoms with Gasteiger partial charge in [0.15, 0.2) is 5.11 Å². The number of esters is 1. The lowest BCUT2D eigenvalue weighted by atomic mass is 10.2. The Balaban J connectivity index is 1.99. The fourth-order valence-corrected chi connectivity index (χ4v) is 2.16. The van der Waals surface area contributed by atoms with Gasteiger partial charge in [-0.2, -0.15) is 0 Å². The number of methoxy groups -OCH3 is 1. The standard InChI is InChI=1S/C17H18N2O3S/c1-3-22-16(20)12-8-10-13(11-9-12)18-17(23)19-14-6-4-5-7-15(14)21-2/h4-11H,3H2,1-2H3,(H2,18,19,23). The molecule has 0 atom stereocenters. The lowest BCUT2D eigenvalue weighted by Gasteiger charge is -2.13. The highest BCUT2D eigenvalue weighted by Crippen LogP contribution is 2.23. The molecule has 2 aromatic carbocycles. The lowest BCUT2D eigenvalue weighted by molar-refractivity contribution is 0.0526. The van der Waals surface area contributed by atoms with Crippen LogP contribution in [0.3, 0.4) is 0 Å². The maximum Gasteiger partial charge on any atom is 0.338 e. The second kappa shape index (κ2) is 8.14. The van der Waals surface area contributed by atoms with E-state index in [1.54, 1.807) is 38.3 Å². The average Bonchev–Trinajstić information content (AvgIpc) is 2.56. The number of carbonyl (C=O) groups excluding carboxylic acids is 1. The molecule has 5 nitrogen and oxygen atoms in total. The monoisotopic (exact) mass is 330 g/mol. The molecule has 0 amide bonds. The van der Waals surface area contributed by atoms with Crippen LogP contribution in [-0.2, 0) is 4.74 Å². The Morgan fingerprint density at radius 2 is 1.78 bits per heavy atom. The topological polar surface area (TPSA) is 59.6 Å². The third kappa shape index (κ3) is 4.69. The van der Waals surface area contributed by atoms with E-state index in [2.05, 4.69) is 10.6 Å². The number of hydrogen-bond acceptors (Lipinski definition) is 4. The van der Waals surface area contributed by atoms with Crippen LogP contribution in [-0.4, -0.2) is 24.8 Å². The first-order chi connectivity index (χ1) is 11.1. The molecule has 6 heteroatoms. The van der Waals surface area contributed by atoms with Gasteiger partial charge in [-0.1, -0.05) is 12.1 Å². The van der Waals surface area contributed by atoms with Gasteiger partial charge in [-0.3, -0.25) is 0 Å². The van der Waals surface area contributed by atoms with Gasteiger partial charge in [0, 0.05) is 5.69 Å². The van der Waals surface area contributed by atoms with Crippen molar-refractivity contribution in [2.24, 2.45) is 0 Å². The Hall–Kier alpha value is -2.60. The van der Waals surface area contributed by atoms with Gasteiger partial charge in [0.1, 0.15) is 5.75 Å². The summed E-state index contributed by atoms with van der Waals surface area (Å²) < 4.78 is 10.2. The number of hydrogen-bond donors (Lipinski definition) is 2. The van der Waals surface area contributed by atoms with Gasteiger partial charge in [0.25, 0.3) is 0 Å². The summed E-state index contributed by atoms with van der Waals surface area (Å²) in [6, 6.07) is 14.4. The number of carbonyl (C=O) groups is 1. The number of thiocarbonyl (C=S) groups is 1. The van der Waals surface area contributed by atoms with Crippen molar-refractivity contribution in [1.29, 1.82) is 0 Å². The lowest BCUT2D eigenvalue weighted by Crippen LogP contribution is -2.19. The van der Waals surface area contributed by atoms with Crippen LogP contribution in [0.5, 0.6) is 5.75 Å². The highest BCUT2D eigenvalue weighted by atomic mass is 32.1. The van der Waals surface area contributed by atoms with Crippen molar-refractivity contribution in [2.75, 3.05) is 24.4 Å². The van der Waals surface area contributed by atoms with Gasteiger partial charge >= 0.3 is 5.97 Å². The molecule has 2 rings (SSSR count). The average molecular weight is 330 g/mol. The predicted molar refractivity (Wildman–Crippen MR) is 95.2 cm³/mol. The summed E-state index contributed by atoms with van der Waals surface area (Å²) in [6.07, 6.45) is 0. The summed E-state index contributed by atoms with van der Waals surface area (Å²) in [6.45, 7) is 2.13. The van der Waals surface area contributed by atoms with E-state index in [1.165, 1.54) is 0 Å². The zero-order valence-corrected chi connectivity index (χ0v) is 13.8. The quantitative estimate of drug-likeness (QED) is 0.644. The molecule has 0 fully saturated rings. The molecule has 0 aliphatic carbocycles. The van der Waals surface area contributed by atoms with Crippen molar-refractivity contribution in [2.45, 2.75) is 6.92 Å². The van der Waals surface area contributed by atoms with E-state index >= 15 is 0 Å². The summed E-state index contributed by atoms with van der Waals surface area (Å²) in [7, 11) is 1.60. The van der Waals surface area contributed by atoms with Gasteiger partial charge in [-0.15, -0.1) is 0 Å². The van der Waals surface area contributed by atoms with E-state index in [1.807, 2.05) is 24.3 Å². The second-order valence-corrected chi connectivity index (χ2v) is 4.99. The van der Waals surface area contributed by atoms with E-state index in [0.29, 0.717) is 23.0 Å². The van der Waals surface area contributed by atoms with E-state index in [0.717, 1.165) is 11.4 Å². The highest BCUT2D eigenvalue weighted by Gasteiger charge is 2.07. The van der Waals surface area contributed by atoms with Crippen LogP contribution >= 0.6 is 12.2 Å². The summed E-state index contributed by atoms with van der Waals surface area (Å²) in [5, 5.41) is 6.55. The van der Waals surface area contributed by atoms with Crippen molar-refractivity contribution < 1.29 is 14.3 Å². The summed E-state index contributed by atoms with van der Waals surface area (Å²) in [5.41, 5.74) is 2.04. The van der Waals surface area contributed by atoms with Gasteiger partial charge in [-0.25, -0.2) is 4.79 Å². The zero-order valence-electron chi connectivity index (χ0n) is 13.0. The van der Waals surface area contributed by atoms with Gasteiger partial charge in [0.05, 0.1) is 25.0 Å². The maximum absolute atomic E-state index is 11.6. The van der Waals surface area contributed by atoms with Crippen molar-refractivity contribution >= 4 is 34.7 Å². The Morgan fingerprint density at radius 1 is 1.09 bits per heavy atom. The van der Waals surface area contributed by atoms with Crippen LogP contribution in [0.4, 0.5) is 11.4 Å². The molecular formula is C17H18N2O3S. The van der Waals surface area contributed by atoms with Crippen molar-refractivity contribution in [3.8, 4) is 5.75 Å². The fraction of sp³-hybridized carbons (Fsp3) is 0.176. The number of benzene rings is 2. The van der Waals surface area contributed by atoms with E-state index in [9.17, 15) is 4.79 Å². The zero-order chi connectivity index (χ0) is 16.7. The maximum atomic E-state index is 11.6. The number of anilines is 2. The van der Waals surface area contributed by atoms with Crippen molar-refractivity contribution in [3.63, 3.8) is 0 Å². The SMILES string of the molecule is CCOC(=O)c1ccc(NC(=S)Nc2ccccc2OC)cc1. The van der Waals surface area contributed by atoms with Crippen LogP contribution in [0.2, 0.25) is 0 Å². The van der Waals surface area contributed by atoms with Gasteiger partial charge in [0.2, 0.25) is 0 Å². The number of ether oxygens (including phenoxy) is 2. The minimum atomic E-state index is -0.339. The van der Waals surface area contributed by atoms with E-state index < -0.39 is 0 Å². The Morgan fingerprint density at radius 3 is 2.43 bits per heavy atom. The summed E-state index contributed by atoms with van der Waals surface area (Å²) in [4.78, 5) is 11.6. The molecule has 0 unspecified atom stereocenters. The minimum Gasteiger partial charge on any atom is -0.495 e. The molecule has 2 N–H and O–H groups in total. The first kappa shape index (κ1) is 16.8. The molecule has 0 spiro atoms. The van der Waals surface area contributed by atoms with Crippen LogP contribution in [0.25, 0.3) is 0 Å². The third-order valence-corrected chi connectivity index (χ3v) is 3.21. The van der Waals surface area contributed by atoms with Crippen LogP contribution in [0.1, 0.15) is 17.3 Å². The van der Waals surface area contributed by atoms with E-state index in [4.69, 9.17) is 21.7 Å². The number of nitrogens with one attached hydrogen (secondary N) is 2. The Bertz CT molecular complexity index is 686. The van der Waals surface area contributed by atoms with Gasteiger partial charge in [-0.05, 0) is 55.5 Å². The van der Waals surface area contributed by atoms with Crippen molar-refractivity contribution in [1.82, 2.24) is 0 Å².